The van der Waals surface area contributed by atoms with Crippen LogP contribution >= 0.6 is 44.1 Å². The van der Waals surface area contributed by atoms with Crippen LogP contribution in [-0.4, -0.2) is 9.97 Å². The summed E-state index contributed by atoms with van der Waals surface area (Å²) in [5.74, 6) is 0.751. The quantitative estimate of drug-likeness (QED) is 0.791. The molecule has 98 valence electrons. The van der Waals surface area contributed by atoms with E-state index in [9.17, 15) is 0 Å². The highest BCUT2D eigenvalue weighted by molar-refractivity contribution is 9.11. The zero-order chi connectivity index (χ0) is 13.8. The van der Waals surface area contributed by atoms with Crippen molar-refractivity contribution in [3.05, 3.63) is 56.7 Å². The molecule has 6 heteroatoms. The highest BCUT2D eigenvalue weighted by atomic mass is 79.9. The Bertz CT molecular complexity index is 619. The lowest BCUT2D eigenvalue weighted by atomic mass is 10.2. The van der Waals surface area contributed by atoms with Crippen molar-refractivity contribution in [2.45, 2.75) is 6.61 Å². The number of halogens is 2. The number of rotatable bonds is 4. The molecule has 0 aliphatic heterocycles. The highest BCUT2D eigenvalue weighted by Crippen LogP contribution is 2.28. The van der Waals surface area contributed by atoms with E-state index in [2.05, 4.69) is 36.8 Å². The fourth-order valence-electron chi connectivity index (χ4n) is 1.52. The van der Waals surface area contributed by atoms with Gasteiger partial charge in [-0.05, 0) is 40.2 Å². The van der Waals surface area contributed by atoms with Crippen LogP contribution in [0.3, 0.4) is 0 Å². The smallest absolute Gasteiger partial charge is 0.134 e. The lowest BCUT2D eigenvalue weighted by molar-refractivity contribution is 0.303. The van der Waals surface area contributed by atoms with Gasteiger partial charge in [0.25, 0.3) is 0 Å². The zero-order valence-corrected chi connectivity index (χ0v) is 13.8. The topological polar surface area (TPSA) is 48.1 Å². The van der Waals surface area contributed by atoms with E-state index in [0.717, 1.165) is 20.3 Å². The number of thiocarbonyl (C=S) groups is 1. The molecule has 0 radical (unpaired) electrons. The highest BCUT2D eigenvalue weighted by Gasteiger charge is 2.08. The Balaban J connectivity index is 2.17. The average Bonchev–Trinajstić information content (AvgIpc) is 2.38. The van der Waals surface area contributed by atoms with E-state index in [-0.39, 0.29) is 4.99 Å². The monoisotopic (exact) mass is 400 g/mol. The van der Waals surface area contributed by atoms with Crippen molar-refractivity contribution in [3.63, 3.8) is 0 Å². The van der Waals surface area contributed by atoms with E-state index in [0.29, 0.717) is 12.3 Å². The lowest BCUT2D eigenvalue weighted by Crippen LogP contribution is -2.15. The minimum absolute atomic E-state index is 0.272. The number of aromatic nitrogens is 1. The van der Waals surface area contributed by atoms with Gasteiger partial charge in [0.2, 0.25) is 0 Å². The molecule has 2 N–H and O–H groups in total. The first kappa shape index (κ1) is 14.4. The molecule has 19 heavy (non-hydrogen) atoms. The van der Waals surface area contributed by atoms with Crippen LogP contribution in [0.2, 0.25) is 0 Å². The van der Waals surface area contributed by atoms with E-state index < -0.39 is 0 Å². The van der Waals surface area contributed by atoms with E-state index in [1.807, 2.05) is 30.3 Å². The molecule has 0 aliphatic carbocycles. The number of benzene rings is 1. The van der Waals surface area contributed by atoms with Crippen LogP contribution in [0.15, 0.2) is 45.5 Å². The summed E-state index contributed by atoms with van der Waals surface area (Å²) in [5, 5.41) is 0. The molecule has 0 aliphatic rings. The van der Waals surface area contributed by atoms with Crippen LogP contribution in [0.25, 0.3) is 0 Å². The van der Waals surface area contributed by atoms with E-state index >= 15 is 0 Å². The van der Waals surface area contributed by atoms with Crippen LogP contribution in [0.5, 0.6) is 5.75 Å². The van der Waals surface area contributed by atoms with Crippen molar-refractivity contribution >= 4 is 49.1 Å². The third-order valence-electron chi connectivity index (χ3n) is 2.40. The molecule has 0 saturated carbocycles. The van der Waals surface area contributed by atoms with Gasteiger partial charge in [-0.2, -0.15) is 0 Å². The summed E-state index contributed by atoms with van der Waals surface area (Å²) in [4.78, 5) is 4.43. The van der Waals surface area contributed by atoms with E-state index in [1.165, 1.54) is 0 Å². The van der Waals surface area contributed by atoms with Crippen molar-refractivity contribution in [1.82, 2.24) is 4.98 Å². The van der Waals surface area contributed by atoms with Crippen LogP contribution in [0.1, 0.15) is 11.3 Å². The van der Waals surface area contributed by atoms with Crippen LogP contribution < -0.4 is 10.5 Å². The van der Waals surface area contributed by atoms with Crippen molar-refractivity contribution in [2.75, 3.05) is 0 Å². The molecule has 0 saturated heterocycles. The van der Waals surface area contributed by atoms with Crippen LogP contribution in [-0.2, 0) is 6.61 Å². The van der Waals surface area contributed by atoms with E-state index in [4.69, 9.17) is 22.7 Å². The minimum atomic E-state index is 0.272. The second-order valence-corrected chi connectivity index (χ2v) is 5.95. The molecule has 0 fully saturated rings. The summed E-state index contributed by atoms with van der Waals surface area (Å²) < 4.78 is 7.61. The number of ether oxygens (including phenoxy) is 1. The van der Waals surface area contributed by atoms with Gasteiger partial charge in [-0.3, -0.25) is 4.98 Å². The molecule has 0 spiro atoms. The van der Waals surface area contributed by atoms with Crippen molar-refractivity contribution in [2.24, 2.45) is 5.73 Å². The number of hydrogen-bond acceptors (Lipinski definition) is 3. The Morgan fingerprint density at radius 3 is 2.79 bits per heavy atom. The van der Waals surface area contributed by atoms with Gasteiger partial charge in [-0.1, -0.05) is 34.2 Å². The Labute approximate surface area is 133 Å². The first-order valence-corrected chi connectivity index (χ1v) is 7.39. The lowest BCUT2D eigenvalue weighted by Gasteiger charge is -2.10. The molecule has 0 atom stereocenters. The van der Waals surface area contributed by atoms with Crippen LogP contribution in [0.4, 0.5) is 0 Å². The standard InChI is InChI=1S/C13H10Br2N2OS/c14-9-3-4-11(10(15)6-9)18-7-8-2-1-5-17-12(8)13(16)19/h1-6H,7H2,(H2,16,19). The molecular formula is C13H10Br2N2OS. The maximum atomic E-state index is 5.75. The first-order chi connectivity index (χ1) is 9.08. The fraction of sp³-hybridized carbons (Fsp3) is 0.0769. The second kappa shape index (κ2) is 6.45. The molecule has 0 bridgehead atoms. The van der Waals surface area contributed by atoms with Gasteiger partial charge in [0.05, 0.1) is 4.47 Å². The van der Waals surface area contributed by atoms with Gasteiger partial charge in [-0.25, -0.2) is 0 Å². The summed E-state index contributed by atoms with van der Waals surface area (Å²) in [7, 11) is 0. The van der Waals surface area contributed by atoms with Crippen molar-refractivity contribution < 1.29 is 4.74 Å². The Hall–Kier alpha value is -0.980. The minimum Gasteiger partial charge on any atom is -0.488 e. The third-order valence-corrected chi connectivity index (χ3v) is 3.71. The zero-order valence-electron chi connectivity index (χ0n) is 9.77. The predicted molar refractivity (Wildman–Crippen MR) is 86.3 cm³/mol. The molecule has 2 rings (SSSR count). The molecule has 1 aromatic carbocycles. The second-order valence-electron chi connectivity index (χ2n) is 3.74. The van der Waals surface area contributed by atoms with Crippen molar-refractivity contribution in [3.8, 4) is 5.75 Å². The van der Waals surface area contributed by atoms with Gasteiger partial charge >= 0.3 is 0 Å². The first-order valence-electron chi connectivity index (χ1n) is 5.39. The number of nitrogens with zero attached hydrogens (tertiary/aromatic N) is 1. The third kappa shape index (κ3) is 3.75. The molecular weight excluding hydrogens is 392 g/mol. The summed E-state index contributed by atoms with van der Waals surface area (Å²) in [6.45, 7) is 0.362. The molecule has 1 aromatic heterocycles. The van der Waals surface area contributed by atoms with Crippen molar-refractivity contribution in [1.29, 1.82) is 0 Å². The maximum Gasteiger partial charge on any atom is 0.134 e. The summed E-state index contributed by atoms with van der Waals surface area (Å²) in [6, 6.07) is 9.45. The Morgan fingerprint density at radius 2 is 2.11 bits per heavy atom. The number of hydrogen-bond donors (Lipinski definition) is 1. The molecule has 1 heterocycles. The van der Waals surface area contributed by atoms with Gasteiger partial charge in [-0.15, -0.1) is 0 Å². The normalized spacial score (nSPS) is 10.2. The number of pyridine rings is 1. The van der Waals surface area contributed by atoms with Gasteiger partial charge in [0.15, 0.2) is 0 Å². The summed E-state index contributed by atoms with van der Waals surface area (Å²) in [6.07, 6.45) is 1.66. The Morgan fingerprint density at radius 1 is 1.32 bits per heavy atom. The van der Waals surface area contributed by atoms with Gasteiger partial charge in [0, 0.05) is 16.2 Å². The van der Waals surface area contributed by atoms with Crippen LogP contribution in [0, 0.1) is 0 Å². The molecule has 2 aromatic rings. The average molecular weight is 402 g/mol. The summed E-state index contributed by atoms with van der Waals surface area (Å²) in [5.41, 5.74) is 7.10. The van der Waals surface area contributed by atoms with Gasteiger partial charge in [0.1, 0.15) is 23.0 Å². The largest absolute Gasteiger partial charge is 0.488 e. The molecule has 0 amide bonds. The van der Waals surface area contributed by atoms with E-state index in [1.54, 1.807) is 6.20 Å². The SMILES string of the molecule is NC(=S)c1ncccc1COc1ccc(Br)cc1Br. The van der Waals surface area contributed by atoms with Gasteiger partial charge < -0.3 is 10.5 Å². The number of nitrogens with two attached hydrogens (primary N) is 1. The molecule has 3 nitrogen and oxygen atoms in total. The molecule has 0 unspecified atom stereocenters. The fourth-order valence-corrected chi connectivity index (χ4v) is 2.87. The Kier molecular flexibility index (Phi) is 4.90. The predicted octanol–water partition coefficient (Wildman–Crippen LogP) is 3.82. The maximum absolute atomic E-state index is 5.75. The summed E-state index contributed by atoms with van der Waals surface area (Å²) >= 11 is 11.8.